The summed E-state index contributed by atoms with van der Waals surface area (Å²) < 4.78 is 4.89. The molecule has 1 heterocycles. The maximum absolute atomic E-state index is 11.0. The van der Waals surface area contributed by atoms with Crippen LogP contribution in [0.5, 0.6) is 11.6 Å². The van der Waals surface area contributed by atoms with Crippen molar-refractivity contribution >= 4 is 16.7 Å². The van der Waals surface area contributed by atoms with Gasteiger partial charge in [0.2, 0.25) is 0 Å². The molecule has 0 bridgehead atoms. The van der Waals surface area contributed by atoms with Crippen LogP contribution in [0.4, 0.5) is 0 Å². The van der Waals surface area contributed by atoms with E-state index >= 15 is 0 Å². The molecule has 0 saturated heterocycles. The number of nitrogens with zero attached hydrogens (tertiary/aromatic N) is 1. The molecule has 3 aromatic rings. The molecule has 23 heavy (non-hydrogen) atoms. The molecule has 0 aliphatic carbocycles. The van der Waals surface area contributed by atoms with Crippen molar-refractivity contribution in [2.75, 3.05) is 0 Å². The summed E-state index contributed by atoms with van der Waals surface area (Å²) in [7, 11) is 0. The second kappa shape index (κ2) is 6.48. The average Bonchev–Trinajstić information content (AvgIpc) is 2.56. The fourth-order valence-electron chi connectivity index (χ4n) is 2.54. The molecule has 4 nitrogen and oxygen atoms in total. The average molecular weight is 307 g/mol. The lowest BCUT2D eigenvalue weighted by atomic mass is 10.0. The number of hydrogen-bond donors (Lipinski definition) is 1. The minimum absolute atomic E-state index is 0.0537. The molecule has 0 spiro atoms. The lowest BCUT2D eigenvalue weighted by Crippen LogP contribution is -2.03. The van der Waals surface area contributed by atoms with Crippen LogP contribution in [0.3, 0.4) is 0 Å². The van der Waals surface area contributed by atoms with Gasteiger partial charge in [-0.1, -0.05) is 42.5 Å². The number of aromatic hydroxyl groups is 1. The molecule has 3 rings (SSSR count). The fourth-order valence-corrected chi connectivity index (χ4v) is 2.54. The molecule has 2 aromatic carbocycles. The van der Waals surface area contributed by atoms with Crippen molar-refractivity contribution in [2.24, 2.45) is 0 Å². The predicted octanol–water partition coefficient (Wildman–Crippen LogP) is 3.65. The van der Waals surface area contributed by atoms with Crippen LogP contribution in [0.25, 0.3) is 10.8 Å². The summed E-state index contributed by atoms with van der Waals surface area (Å²) in [5.74, 6) is -0.666. The first kappa shape index (κ1) is 15.0. The fraction of sp³-hybridized carbons (Fsp3) is 0.158. The van der Waals surface area contributed by atoms with Gasteiger partial charge in [0.25, 0.3) is 5.88 Å². The third-order valence-electron chi connectivity index (χ3n) is 3.68. The summed E-state index contributed by atoms with van der Waals surface area (Å²) in [5.41, 5.74) is 2.46. The highest BCUT2D eigenvalue weighted by Gasteiger charge is 2.11. The van der Waals surface area contributed by atoms with E-state index in [4.69, 9.17) is 4.74 Å². The van der Waals surface area contributed by atoms with Crippen molar-refractivity contribution in [1.82, 2.24) is 4.98 Å². The Balaban J connectivity index is 1.83. The van der Waals surface area contributed by atoms with Gasteiger partial charge < -0.3 is 9.84 Å². The summed E-state index contributed by atoms with van der Waals surface area (Å²) in [4.78, 5) is 15.0. The number of hydrogen-bond acceptors (Lipinski definition) is 4. The second-order valence-electron chi connectivity index (χ2n) is 5.41. The molecule has 0 aliphatic rings. The van der Waals surface area contributed by atoms with Crippen LogP contribution in [0.2, 0.25) is 0 Å². The normalized spacial score (nSPS) is 10.7. The molecule has 0 aliphatic heterocycles. The van der Waals surface area contributed by atoms with Crippen molar-refractivity contribution in [1.29, 1.82) is 0 Å². The number of rotatable bonds is 4. The maximum Gasteiger partial charge on any atom is 0.309 e. The zero-order valence-corrected chi connectivity index (χ0v) is 12.8. The van der Waals surface area contributed by atoms with E-state index in [1.165, 1.54) is 18.1 Å². The standard InChI is InChI=1S/C19H17NO3/c1-13(21)23-19-18(22)17-10-9-15(11-16(17)12-20-19)8-7-14-5-3-2-4-6-14/h2-6,9-12,22H,7-8H2,1H3. The van der Waals surface area contributed by atoms with Crippen LogP contribution >= 0.6 is 0 Å². The Morgan fingerprint density at radius 3 is 2.57 bits per heavy atom. The summed E-state index contributed by atoms with van der Waals surface area (Å²) in [5, 5.41) is 11.6. The zero-order valence-electron chi connectivity index (χ0n) is 12.8. The third kappa shape index (κ3) is 3.48. The Hall–Kier alpha value is -2.88. The van der Waals surface area contributed by atoms with Crippen molar-refractivity contribution in [3.05, 3.63) is 65.9 Å². The van der Waals surface area contributed by atoms with Crippen molar-refractivity contribution in [3.8, 4) is 11.6 Å². The molecular formula is C19H17NO3. The van der Waals surface area contributed by atoms with Crippen LogP contribution < -0.4 is 4.74 Å². The topological polar surface area (TPSA) is 59.4 Å². The van der Waals surface area contributed by atoms with Crippen molar-refractivity contribution in [2.45, 2.75) is 19.8 Å². The van der Waals surface area contributed by atoms with Gasteiger partial charge in [-0.25, -0.2) is 4.98 Å². The van der Waals surface area contributed by atoms with Crippen LogP contribution in [-0.4, -0.2) is 16.1 Å². The monoisotopic (exact) mass is 307 g/mol. The van der Waals surface area contributed by atoms with Crippen LogP contribution in [0, 0.1) is 0 Å². The quantitative estimate of drug-likeness (QED) is 0.747. The molecule has 4 heteroatoms. The summed E-state index contributed by atoms with van der Waals surface area (Å²) in [6, 6.07) is 16.1. The highest BCUT2D eigenvalue weighted by Crippen LogP contribution is 2.32. The Labute approximate surface area is 134 Å². The van der Waals surface area contributed by atoms with E-state index in [0.717, 1.165) is 18.2 Å². The molecular weight excluding hydrogens is 290 g/mol. The molecule has 0 saturated carbocycles. The lowest BCUT2D eigenvalue weighted by Gasteiger charge is -2.08. The lowest BCUT2D eigenvalue weighted by molar-refractivity contribution is -0.132. The van der Waals surface area contributed by atoms with Gasteiger partial charge in [0.15, 0.2) is 5.75 Å². The number of pyridine rings is 1. The van der Waals surface area contributed by atoms with Crippen molar-refractivity contribution in [3.63, 3.8) is 0 Å². The summed E-state index contributed by atoms with van der Waals surface area (Å²) in [6.07, 6.45) is 3.48. The molecule has 116 valence electrons. The summed E-state index contributed by atoms with van der Waals surface area (Å²) in [6.45, 7) is 1.28. The van der Waals surface area contributed by atoms with Crippen molar-refractivity contribution < 1.29 is 14.6 Å². The van der Waals surface area contributed by atoms with E-state index in [0.29, 0.717) is 5.39 Å². The van der Waals surface area contributed by atoms with E-state index in [2.05, 4.69) is 17.1 Å². The largest absolute Gasteiger partial charge is 0.503 e. The molecule has 1 N–H and O–H groups in total. The summed E-state index contributed by atoms with van der Waals surface area (Å²) >= 11 is 0. The Bertz CT molecular complexity index is 844. The first-order valence-electron chi connectivity index (χ1n) is 7.46. The van der Waals surface area contributed by atoms with Gasteiger partial charge in [-0.05, 0) is 30.0 Å². The van der Waals surface area contributed by atoms with Gasteiger partial charge in [-0.2, -0.15) is 0 Å². The first-order valence-corrected chi connectivity index (χ1v) is 7.46. The predicted molar refractivity (Wildman–Crippen MR) is 88.6 cm³/mol. The minimum Gasteiger partial charge on any atom is -0.503 e. The first-order chi connectivity index (χ1) is 11.1. The van der Waals surface area contributed by atoms with E-state index in [1.54, 1.807) is 6.20 Å². The van der Waals surface area contributed by atoms with E-state index in [-0.39, 0.29) is 11.6 Å². The third-order valence-corrected chi connectivity index (χ3v) is 3.68. The number of carbonyl (C=O) groups excluding carboxylic acids is 1. The Morgan fingerprint density at radius 2 is 1.83 bits per heavy atom. The molecule has 0 atom stereocenters. The molecule has 0 radical (unpaired) electrons. The van der Waals surface area contributed by atoms with E-state index in [9.17, 15) is 9.90 Å². The Morgan fingerprint density at radius 1 is 1.09 bits per heavy atom. The number of aromatic nitrogens is 1. The highest BCUT2D eigenvalue weighted by atomic mass is 16.5. The van der Waals surface area contributed by atoms with Gasteiger partial charge in [0.1, 0.15) is 0 Å². The van der Waals surface area contributed by atoms with Crippen LogP contribution in [0.1, 0.15) is 18.1 Å². The number of aryl methyl sites for hydroxylation is 2. The Kier molecular flexibility index (Phi) is 4.24. The number of ether oxygens (including phenoxy) is 1. The number of fused-ring (bicyclic) bond motifs is 1. The molecule has 1 aromatic heterocycles. The molecule has 0 amide bonds. The number of esters is 1. The zero-order chi connectivity index (χ0) is 16.2. The van der Waals surface area contributed by atoms with Gasteiger partial charge in [-0.3, -0.25) is 4.79 Å². The molecule has 0 fully saturated rings. The van der Waals surface area contributed by atoms with Crippen LogP contribution in [-0.2, 0) is 17.6 Å². The van der Waals surface area contributed by atoms with Gasteiger partial charge in [0, 0.05) is 23.9 Å². The maximum atomic E-state index is 11.0. The second-order valence-corrected chi connectivity index (χ2v) is 5.41. The number of carbonyl (C=O) groups is 1. The van der Waals surface area contributed by atoms with E-state index in [1.807, 2.05) is 36.4 Å². The van der Waals surface area contributed by atoms with Gasteiger partial charge >= 0.3 is 5.97 Å². The van der Waals surface area contributed by atoms with Gasteiger partial charge in [0.05, 0.1) is 0 Å². The molecule has 0 unspecified atom stereocenters. The van der Waals surface area contributed by atoms with Crippen LogP contribution in [0.15, 0.2) is 54.7 Å². The minimum atomic E-state index is -0.508. The van der Waals surface area contributed by atoms with Gasteiger partial charge in [-0.15, -0.1) is 0 Å². The van der Waals surface area contributed by atoms with E-state index < -0.39 is 5.97 Å². The number of benzene rings is 2. The smallest absolute Gasteiger partial charge is 0.309 e. The SMILES string of the molecule is CC(=O)Oc1ncc2cc(CCc3ccccc3)ccc2c1O. The highest BCUT2D eigenvalue weighted by molar-refractivity contribution is 5.90.